The van der Waals surface area contributed by atoms with Crippen molar-refractivity contribution in [1.29, 1.82) is 0 Å². The summed E-state index contributed by atoms with van der Waals surface area (Å²) in [4.78, 5) is 20.9. The summed E-state index contributed by atoms with van der Waals surface area (Å²) in [5.41, 5.74) is 0.928. The SMILES string of the molecule is O=C(Nc1ccc2cccc(O)c2n1)c1ccc2cccc(O)c2n1. The molecule has 0 bridgehead atoms. The normalized spacial score (nSPS) is 10.9. The Kier molecular flexibility index (Phi) is 3.43. The van der Waals surface area contributed by atoms with Gasteiger partial charge in [-0.15, -0.1) is 0 Å². The summed E-state index contributed by atoms with van der Waals surface area (Å²) in [6, 6.07) is 16.8. The molecule has 1 amide bonds. The van der Waals surface area contributed by atoms with E-state index in [1.54, 1.807) is 42.5 Å². The fourth-order valence-corrected chi connectivity index (χ4v) is 2.64. The molecular formula is C19H13N3O3. The van der Waals surface area contributed by atoms with Gasteiger partial charge in [0.1, 0.15) is 34.0 Å². The molecule has 0 unspecified atom stereocenters. The number of hydrogen-bond acceptors (Lipinski definition) is 5. The number of hydrogen-bond donors (Lipinski definition) is 3. The van der Waals surface area contributed by atoms with E-state index in [0.717, 1.165) is 10.8 Å². The van der Waals surface area contributed by atoms with E-state index >= 15 is 0 Å². The molecule has 0 radical (unpaired) electrons. The van der Waals surface area contributed by atoms with Crippen LogP contribution in [0.25, 0.3) is 21.8 Å². The molecule has 0 saturated heterocycles. The number of carbonyl (C=O) groups excluding carboxylic acids is 1. The Labute approximate surface area is 142 Å². The molecule has 0 aliphatic heterocycles. The molecule has 0 spiro atoms. The average Bonchev–Trinajstić information content (AvgIpc) is 2.62. The molecule has 3 N–H and O–H groups in total. The Morgan fingerprint density at radius 1 is 0.760 bits per heavy atom. The minimum atomic E-state index is -0.451. The second-order valence-corrected chi connectivity index (χ2v) is 5.54. The highest BCUT2D eigenvalue weighted by atomic mass is 16.3. The number of phenolic OH excluding ortho intramolecular Hbond substituents is 2. The summed E-state index contributed by atoms with van der Waals surface area (Å²) in [7, 11) is 0. The predicted octanol–water partition coefficient (Wildman–Crippen LogP) is 3.45. The lowest BCUT2D eigenvalue weighted by atomic mass is 10.2. The number of aromatic hydroxyl groups is 2. The van der Waals surface area contributed by atoms with Crippen molar-refractivity contribution >= 4 is 33.5 Å². The largest absolute Gasteiger partial charge is 0.506 e. The number of para-hydroxylation sites is 2. The van der Waals surface area contributed by atoms with Crippen LogP contribution in [0.5, 0.6) is 11.5 Å². The van der Waals surface area contributed by atoms with E-state index in [1.165, 1.54) is 12.1 Å². The molecule has 4 rings (SSSR count). The lowest BCUT2D eigenvalue weighted by Gasteiger charge is -2.07. The average molecular weight is 331 g/mol. The number of pyridine rings is 2. The first-order valence-corrected chi connectivity index (χ1v) is 7.61. The van der Waals surface area contributed by atoms with Crippen molar-refractivity contribution in [2.45, 2.75) is 0 Å². The van der Waals surface area contributed by atoms with Crippen LogP contribution in [0.3, 0.4) is 0 Å². The maximum Gasteiger partial charge on any atom is 0.275 e. The van der Waals surface area contributed by atoms with E-state index in [1.807, 2.05) is 6.07 Å². The van der Waals surface area contributed by atoms with E-state index in [2.05, 4.69) is 15.3 Å². The Balaban J connectivity index is 1.68. The van der Waals surface area contributed by atoms with Crippen LogP contribution in [0.2, 0.25) is 0 Å². The highest BCUT2D eigenvalue weighted by Crippen LogP contribution is 2.25. The Morgan fingerprint density at radius 3 is 2.04 bits per heavy atom. The van der Waals surface area contributed by atoms with Gasteiger partial charge in [-0.1, -0.05) is 30.3 Å². The third-order valence-electron chi connectivity index (χ3n) is 3.87. The Hall–Kier alpha value is -3.67. The molecule has 0 aliphatic rings. The van der Waals surface area contributed by atoms with Crippen LogP contribution in [0, 0.1) is 0 Å². The van der Waals surface area contributed by atoms with Crippen LogP contribution >= 0.6 is 0 Å². The summed E-state index contributed by atoms with van der Waals surface area (Å²) in [5, 5.41) is 23.9. The monoisotopic (exact) mass is 331 g/mol. The molecule has 0 saturated carbocycles. The molecule has 122 valence electrons. The highest BCUT2D eigenvalue weighted by molar-refractivity contribution is 6.04. The molecule has 2 aromatic heterocycles. The number of fused-ring (bicyclic) bond motifs is 2. The zero-order chi connectivity index (χ0) is 17.4. The van der Waals surface area contributed by atoms with Gasteiger partial charge < -0.3 is 15.5 Å². The summed E-state index contributed by atoms with van der Waals surface area (Å²) < 4.78 is 0. The van der Waals surface area contributed by atoms with E-state index < -0.39 is 5.91 Å². The smallest absolute Gasteiger partial charge is 0.275 e. The van der Waals surface area contributed by atoms with Gasteiger partial charge in [0.05, 0.1) is 0 Å². The van der Waals surface area contributed by atoms with Crippen LogP contribution in [0.4, 0.5) is 5.82 Å². The zero-order valence-electron chi connectivity index (χ0n) is 13.0. The second-order valence-electron chi connectivity index (χ2n) is 5.54. The molecule has 6 nitrogen and oxygen atoms in total. The van der Waals surface area contributed by atoms with Crippen molar-refractivity contribution in [2.75, 3.05) is 5.32 Å². The molecule has 25 heavy (non-hydrogen) atoms. The maximum atomic E-state index is 12.4. The number of anilines is 1. The molecule has 2 heterocycles. The summed E-state index contributed by atoms with van der Waals surface area (Å²) in [5.74, 6) is -0.0890. The van der Waals surface area contributed by atoms with Gasteiger partial charge in [0.15, 0.2) is 0 Å². The molecule has 0 atom stereocenters. The first kappa shape index (κ1) is 14.9. The minimum absolute atomic E-state index is 0.0147. The summed E-state index contributed by atoms with van der Waals surface area (Å²) in [6.45, 7) is 0. The van der Waals surface area contributed by atoms with E-state index in [0.29, 0.717) is 16.9 Å². The van der Waals surface area contributed by atoms with Crippen LogP contribution in [0.1, 0.15) is 10.5 Å². The van der Waals surface area contributed by atoms with Crippen LogP contribution in [0.15, 0.2) is 60.7 Å². The van der Waals surface area contributed by atoms with E-state index in [9.17, 15) is 15.0 Å². The van der Waals surface area contributed by atoms with Crippen molar-refractivity contribution in [3.8, 4) is 11.5 Å². The van der Waals surface area contributed by atoms with Gasteiger partial charge in [0, 0.05) is 10.8 Å². The molecule has 6 heteroatoms. The van der Waals surface area contributed by atoms with E-state index in [-0.39, 0.29) is 17.2 Å². The Bertz CT molecular complexity index is 1130. The number of rotatable bonds is 2. The number of amides is 1. The Morgan fingerprint density at radius 2 is 1.36 bits per heavy atom. The second kappa shape index (κ2) is 5.76. The van der Waals surface area contributed by atoms with Crippen LogP contribution < -0.4 is 5.32 Å². The summed E-state index contributed by atoms with van der Waals surface area (Å²) in [6.07, 6.45) is 0. The first-order chi connectivity index (χ1) is 12.1. The topological polar surface area (TPSA) is 95.3 Å². The van der Waals surface area contributed by atoms with Crippen LogP contribution in [-0.2, 0) is 0 Å². The van der Waals surface area contributed by atoms with Crippen molar-refractivity contribution in [3.63, 3.8) is 0 Å². The van der Waals surface area contributed by atoms with Gasteiger partial charge in [-0.2, -0.15) is 0 Å². The predicted molar refractivity (Wildman–Crippen MR) is 94.8 cm³/mol. The van der Waals surface area contributed by atoms with Gasteiger partial charge in [0.25, 0.3) is 5.91 Å². The molecular weight excluding hydrogens is 318 g/mol. The van der Waals surface area contributed by atoms with Gasteiger partial charge >= 0.3 is 0 Å². The lowest BCUT2D eigenvalue weighted by molar-refractivity contribution is 0.102. The van der Waals surface area contributed by atoms with Gasteiger partial charge in [0.2, 0.25) is 0 Å². The molecule has 2 aromatic carbocycles. The third kappa shape index (κ3) is 2.70. The maximum absolute atomic E-state index is 12.4. The van der Waals surface area contributed by atoms with Crippen molar-refractivity contribution in [1.82, 2.24) is 9.97 Å². The number of aromatic nitrogens is 2. The van der Waals surface area contributed by atoms with Crippen molar-refractivity contribution in [3.05, 3.63) is 66.4 Å². The fraction of sp³-hybridized carbons (Fsp3) is 0. The number of carbonyl (C=O) groups is 1. The highest BCUT2D eigenvalue weighted by Gasteiger charge is 2.12. The van der Waals surface area contributed by atoms with E-state index in [4.69, 9.17) is 0 Å². The molecule has 4 aromatic rings. The van der Waals surface area contributed by atoms with Crippen LogP contribution in [-0.4, -0.2) is 26.1 Å². The lowest BCUT2D eigenvalue weighted by Crippen LogP contribution is -2.14. The quantitative estimate of drug-likeness (QED) is 0.523. The fourth-order valence-electron chi connectivity index (χ4n) is 2.64. The molecule has 0 aliphatic carbocycles. The summed E-state index contributed by atoms with van der Waals surface area (Å²) >= 11 is 0. The number of nitrogens with zero attached hydrogens (tertiary/aromatic N) is 2. The van der Waals surface area contributed by atoms with Crippen molar-refractivity contribution in [2.24, 2.45) is 0 Å². The van der Waals surface area contributed by atoms with Gasteiger partial charge in [-0.3, -0.25) is 4.79 Å². The minimum Gasteiger partial charge on any atom is -0.506 e. The van der Waals surface area contributed by atoms with Gasteiger partial charge in [-0.05, 0) is 30.3 Å². The number of benzene rings is 2. The third-order valence-corrected chi connectivity index (χ3v) is 3.87. The molecule has 0 fully saturated rings. The van der Waals surface area contributed by atoms with Gasteiger partial charge in [-0.25, -0.2) is 9.97 Å². The first-order valence-electron chi connectivity index (χ1n) is 7.61. The zero-order valence-corrected chi connectivity index (χ0v) is 13.0. The number of phenols is 2. The standard InChI is InChI=1S/C19H13N3O3/c23-14-5-1-3-11-7-9-13(20-17(11)14)19(25)22-16-10-8-12-4-2-6-15(24)18(12)21-16/h1-10,23-24H,(H,21,22,25). The van der Waals surface area contributed by atoms with Crippen molar-refractivity contribution < 1.29 is 15.0 Å². The number of nitrogens with one attached hydrogen (secondary N) is 1.